The molecular weight excluding hydrogens is 508 g/mol. The maximum Gasteiger partial charge on any atom is 0.573 e. The Morgan fingerprint density at radius 3 is 2.03 bits per heavy atom. The van der Waals surface area contributed by atoms with Gasteiger partial charge >= 0.3 is 12.5 Å². The minimum Gasteiger partial charge on any atom is -0.432 e. The number of halogens is 8. The van der Waals surface area contributed by atoms with E-state index in [0.717, 1.165) is 38.5 Å². The van der Waals surface area contributed by atoms with Crippen LogP contribution in [0, 0.1) is 23.4 Å². The van der Waals surface area contributed by atoms with E-state index in [1.807, 2.05) is 0 Å². The quantitative estimate of drug-likeness (QED) is 0.210. The van der Waals surface area contributed by atoms with Gasteiger partial charge in [-0.3, -0.25) is 0 Å². The Balaban J connectivity index is 1.58. The summed E-state index contributed by atoms with van der Waals surface area (Å²) >= 11 is 0. The maximum atomic E-state index is 14.7. The van der Waals surface area contributed by atoms with Gasteiger partial charge in [-0.25, -0.2) is 13.2 Å². The smallest absolute Gasteiger partial charge is 0.432 e. The Labute approximate surface area is 211 Å². The molecule has 0 amide bonds. The maximum absolute atomic E-state index is 14.7. The highest BCUT2D eigenvalue weighted by Gasteiger charge is 2.35. The van der Waals surface area contributed by atoms with E-state index in [4.69, 9.17) is 0 Å². The van der Waals surface area contributed by atoms with Gasteiger partial charge in [0, 0.05) is 11.6 Å². The third kappa shape index (κ3) is 8.78. The van der Waals surface area contributed by atoms with Gasteiger partial charge in [-0.1, -0.05) is 32.6 Å². The summed E-state index contributed by atoms with van der Waals surface area (Å²) < 4.78 is 116. The van der Waals surface area contributed by atoms with Crippen LogP contribution in [0.25, 0.3) is 0 Å². The van der Waals surface area contributed by atoms with Crippen molar-refractivity contribution in [1.29, 1.82) is 0 Å². The van der Waals surface area contributed by atoms with Gasteiger partial charge in [-0.05, 0) is 73.8 Å². The van der Waals surface area contributed by atoms with Gasteiger partial charge in [0.25, 0.3) is 0 Å². The van der Waals surface area contributed by atoms with Gasteiger partial charge in [-0.2, -0.15) is 8.78 Å². The molecule has 3 rings (SSSR count). The van der Waals surface area contributed by atoms with Crippen LogP contribution in [0.5, 0.6) is 11.5 Å². The first-order valence-electron chi connectivity index (χ1n) is 12.5. The molecule has 37 heavy (non-hydrogen) atoms. The zero-order valence-corrected chi connectivity index (χ0v) is 20.5. The number of rotatable bonds is 11. The van der Waals surface area contributed by atoms with E-state index in [1.54, 1.807) is 0 Å². The molecule has 0 saturated heterocycles. The first-order valence-corrected chi connectivity index (χ1v) is 12.5. The summed E-state index contributed by atoms with van der Waals surface area (Å²) in [5, 5.41) is 0. The Morgan fingerprint density at radius 1 is 0.811 bits per heavy atom. The van der Waals surface area contributed by atoms with Crippen molar-refractivity contribution in [2.45, 2.75) is 89.5 Å². The van der Waals surface area contributed by atoms with Crippen molar-refractivity contribution < 1.29 is 44.6 Å². The zero-order valence-electron chi connectivity index (χ0n) is 20.5. The first kappa shape index (κ1) is 29.0. The Kier molecular flexibility index (Phi) is 9.69. The van der Waals surface area contributed by atoms with Crippen LogP contribution in [0.15, 0.2) is 30.3 Å². The third-order valence-electron chi connectivity index (χ3n) is 6.76. The number of alkyl halides is 5. The highest BCUT2D eigenvalue weighted by Crippen LogP contribution is 2.39. The van der Waals surface area contributed by atoms with Crippen molar-refractivity contribution in [2.24, 2.45) is 5.92 Å². The molecule has 2 aromatic carbocycles. The van der Waals surface area contributed by atoms with Gasteiger partial charge in [0.2, 0.25) is 0 Å². The van der Waals surface area contributed by atoms with Gasteiger partial charge in [0.15, 0.2) is 11.6 Å². The van der Waals surface area contributed by atoms with Crippen LogP contribution in [-0.4, -0.2) is 12.5 Å². The number of benzene rings is 2. The topological polar surface area (TPSA) is 18.5 Å². The lowest BCUT2D eigenvalue weighted by Crippen LogP contribution is -2.26. The summed E-state index contributed by atoms with van der Waals surface area (Å²) in [6.45, 7) is 2.15. The fourth-order valence-corrected chi connectivity index (χ4v) is 4.81. The molecule has 0 atom stereocenters. The van der Waals surface area contributed by atoms with Crippen LogP contribution in [0.3, 0.4) is 0 Å². The Bertz CT molecular complexity index is 1010. The number of hydrogen-bond acceptors (Lipinski definition) is 2. The van der Waals surface area contributed by atoms with E-state index in [2.05, 4.69) is 16.4 Å². The van der Waals surface area contributed by atoms with Gasteiger partial charge in [0.1, 0.15) is 17.4 Å². The van der Waals surface area contributed by atoms with Crippen molar-refractivity contribution in [2.75, 3.05) is 0 Å². The molecule has 2 nitrogen and oxygen atoms in total. The van der Waals surface area contributed by atoms with Gasteiger partial charge in [-0.15, -0.1) is 13.2 Å². The van der Waals surface area contributed by atoms with Gasteiger partial charge in [0.05, 0.1) is 6.42 Å². The summed E-state index contributed by atoms with van der Waals surface area (Å²) in [6, 6.07) is 3.88. The predicted molar refractivity (Wildman–Crippen MR) is 122 cm³/mol. The van der Waals surface area contributed by atoms with Crippen LogP contribution >= 0.6 is 0 Å². The molecule has 0 N–H and O–H groups in total. The van der Waals surface area contributed by atoms with E-state index in [1.165, 1.54) is 25.0 Å². The van der Waals surface area contributed by atoms with Crippen molar-refractivity contribution in [3.8, 4) is 11.5 Å². The van der Waals surface area contributed by atoms with E-state index < -0.39 is 59.8 Å². The second-order valence-corrected chi connectivity index (χ2v) is 9.56. The fourth-order valence-electron chi connectivity index (χ4n) is 4.81. The van der Waals surface area contributed by atoms with Crippen LogP contribution in [0.2, 0.25) is 0 Å². The minimum absolute atomic E-state index is 0.0180. The molecule has 0 bridgehead atoms. The number of unbranched alkanes of at least 4 members (excludes halogenated alkanes) is 2. The lowest BCUT2D eigenvalue weighted by atomic mass is 9.77. The molecule has 0 unspecified atom stereocenters. The van der Waals surface area contributed by atoms with Crippen molar-refractivity contribution >= 4 is 0 Å². The lowest BCUT2D eigenvalue weighted by Gasteiger charge is -2.29. The summed E-state index contributed by atoms with van der Waals surface area (Å²) in [5.74, 6) is -4.74. The second kappa shape index (κ2) is 12.3. The molecule has 0 heterocycles. The fraction of sp³-hybridized carbons (Fsp3) is 0.556. The average molecular weight is 539 g/mol. The summed E-state index contributed by atoms with van der Waals surface area (Å²) in [6.07, 6.45) is -2.63. The Morgan fingerprint density at radius 2 is 1.46 bits per heavy atom. The highest BCUT2D eigenvalue weighted by atomic mass is 19.4. The molecule has 1 aliphatic carbocycles. The third-order valence-corrected chi connectivity index (χ3v) is 6.76. The molecule has 1 aliphatic rings. The van der Waals surface area contributed by atoms with Crippen LogP contribution in [0.4, 0.5) is 35.1 Å². The van der Waals surface area contributed by atoms with Crippen LogP contribution < -0.4 is 9.47 Å². The summed E-state index contributed by atoms with van der Waals surface area (Å²) in [5.41, 5.74) is 0.00536. The standard InChI is InChI=1S/C27H30F8O2/c1-2-3-4-5-17-6-8-18(9-7-17)19-14-22(28)21(23(29)15-19)12-13-26(31,32)36-20-10-11-25(24(30)16-20)37-27(33,34)35/h10-11,14-18H,2-9,12-13H2,1H3. The minimum atomic E-state index is -5.16. The van der Waals surface area contributed by atoms with E-state index >= 15 is 0 Å². The normalized spacial score (nSPS) is 18.6. The summed E-state index contributed by atoms with van der Waals surface area (Å²) in [4.78, 5) is 0. The first-order chi connectivity index (χ1) is 17.4. The molecule has 1 saturated carbocycles. The molecule has 1 fully saturated rings. The van der Waals surface area contributed by atoms with E-state index in [-0.39, 0.29) is 5.92 Å². The Hall–Kier alpha value is -2.52. The van der Waals surface area contributed by atoms with Crippen LogP contribution in [-0.2, 0) is 6.42 Å². The molecule has 2 aromatic rings. The molecule has 0 radical (unpaired) electrons. The zero-order chi connectivity index (χ0) is 27.2. The van der Waals surface area contributed by atoms with Crippen molar-refractivity contribution in [1.82, 2.24) is 0 Å². The summed E-state index contributed by atoms with van der Waals surface area (Å²) in [7, 11) is 0. The van der Waals surface area contributed by atoms with Crippen molar-refractivity contribution in [3.05, 3.63) is 58.9 Å². The predicted octanol–water partition coefficient (Wildman–Crippen LogP) is 9.46. The molecule has 10 heteroatoms. The molecule has 0 aromatic heterocycles. The molecule has 206 valence electrons. The van der Waals surface area contributed by atoms with E-state index in [9.17, 15) is 35.1 Å². The average Bonchev–Trinajstić information content (AvgIpc) is 2.80. The molecule has 0 spiro atoms. The van der Waals surface area contributed by atoms with Crippen molar-refractivity contribution in [3.63, 3.8) is 0 Å². The lowest BCUT2D eigenvalue weighted by molar-refractivity contribution is -0.275. The van der Waals surface area contributed by atoms with E-state index in [0.29, 0.717) is 29.7 Å². The monoisotopic (exact) mass is 538 g/mol. The largest absolute Gasteiger partial charge is 0.573 e. The van der Waals surface area contributed by atoms with Crippen LogP contribution in [0.1, 0.15) is 81.8 Å². The second-order valence-electron chi connectivity index (χ2n) is 9.56. The molecular formula is C27H30F8O2. The highest BCUT2D eigenvalue weighted by molar-refractivity contribution is 5.33. The van der Waals surface area contributed by atoms with Gasteiger partial charge < -0.3 is 9.47 Å². The number of ether oxygens (including phenoxy) is 2. The molecule has 0 aliphatic heterocycles. The SMILES string of the molecule is CCCCCC1CCC(c2cc(F)c(CCC(F)(F)Oc3ccc(OC(F)(F)F)c(F)c3)c(F)c2)CC1. The number of hydrogen-bond donors (Lipinski definition) is 0.